The van der Waals surface area contributed by atoms with Gasteiger partial charge >= 0.3 is 5.97 Å². The predicted octanol–water partition coefficient (Wildman–Crippen LogP) is 1.55. The highest BCUT2D eigenvalue weighted by Crippen LogP contribution is 2.28. The van der Waals surface area contributed by atoms with Gasteiger partial charge in [0.15, 0.2) is 21.6 Å². The molecular formula is C21H25N3O5S. The van der Waals surface area contributed by atoms with Gasteiger partial charge in [-0.3, -0.25) is 4.79 Å². The molecule has 9 heteroatoms. The van der Waals surface area contributed by atoms with Crippen LogP contribution in [-0.2, 0) is 32.2 Å². The Morgan fingerprint density at radius 3 is 2.63 bits per heavy atom. The molecule has 2 atom stereocenters. The van der Waals surface area contributed by atoms with Crippen molar-refractivity contribution in [1.29, 1.82) is 0 Å². The second-order valence-electron chi connectivity index (χ2n) is 7.93. The molecule has 30 heavy (non-hydrogen) atoms. The van der Waals surface area contributed by atoms with Crippen LogP contribution < -0.4 is 0 Å². The van der Waals surface area contributed by atoms with Crippen molar-refractivity contribution in [3.8, 4) is 5.69 Å². The van der Waals surface area contributed by atoms with E-state index in [0.717, 1.165) is 36.2 Å². The molecule has 0 saturated carbocycles. The predicted molar refractivity (Wildman–Crippen MR) is 110 cm³/mol. The molecule has 1 aromatic carbocycles. The highest BCUT2D eigenvalue weighted by molar-refractivity contribution is 7.91. The first-order valence-corrected chi connectivity index (χ1v) is 11.9. The van der Waals surface area contributed by atoms with Crippen LogP contribution in [0.15, 0.2) is 30.3 Å². The minimum absolute atomic E-state index is 0.0507. The third-order valence-electron chi connectivity index (χ3n) is 5.86. The van der Waals surface area contributed by atoms with Gasteiger partial charge in [-0.2, -0.15) is 5.10 Å². The van der Waals surface area contributed by atoms with Crippen molar-refractivity contribution < 1.29 is 22.7 Å². The number of hydrogen-bond acceptors (Lipinski definition) is 6. The van der Waals surface area contributed by atoms with Crippen molar-refractivity contribution in [2.45, 2.75) is 44.8 Å². The van der Waals surface area contributed by atoms with Crippen molar-refractivity contribution in [1.82, 2.24) is 14.7 Å². The lowest BCUT2D eigenvalue weighted by Crippen LogP contribution is -2.44. The molecule has 0 spiro atoms. The lowest BCUT2D eigenvalue weighted by molar-refractivity contribution is -0.140. The van der Waals surface area contributed by atoms with Crippen molar-refractivity contribution >= 4 is 21.7 Å². The van der Waals surface area contributed by atoms with Crippen molar-refractivity contribution in [2.75, 3.05) is 18.6 Å². The summed E-state index contributed by atoms with van der Waals surface area (Å²) >= 11 is 0. The molecule has 1 aromatic heterocycles. The first-order valence-electron chi connectivity index (χ1n) is 10.1. The number of hydrogen-bond donors (Lipinski definition) is 0. The number of esters is 1. The van der Waals surface area contributed by atoms with Gasteiger partial charge in [0.25, 0.3) is 5.91 Å². The summed E-state index contributed by atoms with van der Waals surface area (Å²) in [6.45, 7) is 1.51. The van der Waals surface area contributed by atoms with Gasteiger partial charge in [0.05, 0.1) is 17.2 Å². The number of nitrogens with zero attached hydrogens (tertiary/aromatic N) is 3. The Bertz CT molecular complexity index is 1080. The molecular weight excluding hydrogens is 406 g/mol. The van der Waals surface area contributed by atoms with E-state index in [1.807, 2.05) is 30.3 Å². The standard InChI is InChI=1S/C21H25N3O5S/c1-14(20(25)23(2)16-11-12-30(27,28)13-16)29-21(26)19-17-9-6-10-18(17)24(22-19)15-7-4-3-5-8-15/h3-5,7-8,14,16H,6,9-13H2,1-2H3. The molecule has 1 aliphatic heterocycles. The van der Waals surface area contributed by atoms with Gasteiger partial charge in [0.1, 0.15) is 0 Å². The molecule has 2 aromatic rings. The van der Waals surface area contributed by atoms with Crippen molar-refractivity contribution in [2.24, 2.45) is 0 Å². The fraction of sp³-hybridized carbons (Fsp3) is 0.476. The first kappa shape index (κ1) is 20.6. The third kappa shape index (κ3) is 3.86. The molecule has 0 N–H and O–H groups in total. The number of carbonyl (C=O) groups excluding carboxylic acids is 2. The fourth-order valence-electron chi connectivity index (χ4n) is 4.20. The molecule has 1 fully saturated rings. The Kier molecular flexibility index (Phi) is 5.40. The Labute approximate surface area is 175 Å². The Balaban J connectivity index is 1.50. The van der Waals surface area contributed by atoms with E-state index in [0.29, 0.717) is 6.42 Å². The monoisotopic (exact) mass is 431 g/mol. The van der Waals surface area contributed by atoms with Crippen LogP contribution in [0.25, 0.3) is 5.69 Å². The van der Waals surface area contributed by atoms with E-state index in [1.165, 1.54) is 11.8 Å². The molecule has 4 rings (SSSR count). The van der Waals surface area contributed by atoms with Crippen LogP contribution >= 0.6 is 0 Å². The number of amides is 1. The minimum atomic E-state index is -3.11. The van der Waals surface area contributed by atoms with E-state index in [1.54, 1.807) is 11.7 Å². The highest BCUT2D eigenvalue weighted by atomic mass is 32.2. The number of aromatic nitrogens is 2. The normalized spacial score (nSPS) is 20.5. The molecule has 1 amide bonds. The highest BCUT2D eigenvalue weighted by Gasteiger charge is 2.36. The molecule has 0 bridgehead atoms. The second-order valence-corrected chi connectivity index (χ2v) is 10.2. The zero-order valence-corrected chi connectivity index (χ0v) is 17.9. The maximum Gasteiger partial charge on any atom is 0.359 e. The minimum Gasteiger partial charge on any atom is -0.448 e. The van der Waals surface area contributed by atoms with E-state index >= 15 is 0 Å². The number of ether oxygens (including phenoxy) is 1. The summed E-state index contributed by atoms with van der Waals surface area (Å²) in [5.74, 6) is -1.02. The zero-order chi connectivity index (χ0) is 21.5. The molecule has 1 aliphatic carbocycles. The van der Waals surface area contributed by atoms with E-state index in [4.69, 9.17) is 4.74 Å². The number of likely N-dealkylation sites (N-methyl/N-ethyl adjacent to an activating group) is 1. The third-order valence-corrected chi connectivity index (χ3v) is 7.61. The van der Waals surface area contributed by atoms with Gasteiger partial charge in [0, 0.05) is 24.3 Å². The van der Waals surface area contributed by atoms with Gasteiger partial charge in [-0.1, -0.05) is 18.2 Å². The maximum atomic E-state index is 12.8. The average Bonchev–Trinajstić information content (AvgIpc) is 3.42. The average molecular weight is 432 g/mol. The molecule has 0 radical (unpaired) electrons. The summed E-state index contributed by atoms with van der Waals surface area (Å²) in [4.78, 5) is 26.9. The quantitative estimate of drug-likeness (QED) is 0.666. The first-order chi connectivity index (χ1) is 14.3. The molecule has 8 nitrogen and oxygen atoms in total. The van der Waals surface area contributed by atoms with Gasteiger partial charge < -0.3 is 9.64 Å². The largest absolute Gasteiger partial charge is 0.448 e. The SMILES string of the molecule is CC(OC(=O)c1nn(-c2ccccc2)c2c1CCC2)C(=O)N(C)C1CCS(=O)(=O)C1. The summed E-state index contributed by atoms with van der Waals surface area (Å²) in [6, 6.07) is 9.22. The smallest absolute Gasteiger partial charge is 0.359 e. The molecule has 2 heterocycles. The topological polar surface area (TPSA) is 98.6 Å². The van der Waals surface area contributed by atoms with Gasteiger partial charge in [-0.25, -0.2) is 17.9 Å². The second kappa shape index (κ2) is 7.86. The van der Waals surface area contributed by atoms with Crippen LogP contribution in [0.2, 0.25) is 0 Å². The Hall–Kier alpha value is -2.68. The lowest BCUT2D eigenvalue weighted by Gasteiger charge is -2.26. The molecule has 2 aliphatic rings. The Morgan fingerprint density at radius 2 is 1.97 bits per heavy atom. The number of carbonyl (C=O) groups is 2. The Morgan fingerprint density at radius 1 is 1.23 bits per heavy atom. The van der Waals surface area contributed by atoms with Crippen LogP contribution in [0, 0.1) is 0 Å². The van der Waals surface area contributed by atoms with Crippen LogP contribution in [0.4, 0.5) is 0 Å². The number of fused-ring (bicyclic) bond motifs is 1. The van der Waals surface area contributed by atoms with Gasteiger partial charge in [-0.05, 0) is 44.7 Å². The van der Waals surface area contributed by atoms with E-state index < -0.39 is 27.8 Å². The maximum absolute atomic E-state index is 12.8. The molecule has 160 valence electrons. The summed E-state index contributed by atoms with van der Waals surface area (Å²) in [7, 11) is -1.56. The van der Waals surface area contributed by atoms with Crippen molar-refractivity contribution in [3.05, 3.63) is 47.3 Å². The number of para-hydroxylation sites is 1. The molecule has 2 unspecified atom stereocenters. The van der Waals surface area contributed by atoms with Gasteiger partial charge in [-0.15, -0.1) is 0 Å². The summed E-state index contributed by atoms with van der Waals surface area (Å²) in [6.07, 6.45) is 1.89. The lowest BCUT2D eigenvalue weighted by atomic mass is 10.2. The van der Waals surface area contributed by atoms with Crippen LogP contribution in [-0.4, -0.2) is 65.7 Å². The summed E-state index contributed by atoms with van der Waals surface area (Å²) in [5.41, 5.74) is 3.00. The van der Waals surface area contributed by atoms with E-state index in [-0.39, 0.29) is 23.2 Å². The molecule has 1 saturated heterocycles. The van der Waals surface area contributed by atoms with E-state index in [2.05, 4.69) is 5.10 Å². The van der Waals surface area contributed by atoms with Crippen LogP contribution in [0.1, 0.15) is 41.5 Å². The number of sulfone groups is 1. The van der Waals surface area contributed by atoms with Crippen LogP contribution in [0.3, 0.4) is 0 Å². The zero-order valence-electron chi connectivity index (χ0n) is 17.1. The number of benzene rings is 1. The fourth-order valence-corrected chi connectivity index (χ4v) is 5.97. The summed E-state index contributed by atoms with van der Waals surface area (Å²) in [5, 5.41) is 4.49. The van der Waals surface area contributed by atoms with Crippen molar-refractivity contribution in [3.63, 3.8) is 0 Å². The number of rotatable bonds is 5. The van der Waals surface area contributed by atoms with Gasteiger partial charge in [0.2, 0.25) is 0 Å². The summed E-state index contributed by atoms with van der Waals surface area (Å²) < 4.78 is 30.6. The van der Waals surface area contributed by atoms with Crippen LogP contribution in [0.5, 0.6) is 0 Å². The van der Waals surface area contributed by atoms with E-state index in [9.17, 15) is 18.0 Å².